The van der Waals surface area contributed by atoms with Gasteiger partial charge in [0.15, 0.2) is 0 Å². The molecule has 0 atom stereocenters. The van der Waals surface area contributed by atoms with E-state index in [4.69, 9.17) is 4.98 Å². The molecule has 0 amide bonds. The second-order valence-electron chi connectivity index (χ2n) is 7.44. The van der Waals surface area contributed by atoms with E-state index in [0.29, 0.717) is 5.92 Å². The van der Waals surface area contributed by atoms with Crippen LogP contribution in [0.5, 0.6) is 0 Å². The van der Waals surface area contributed by atoms with Crippen molar-refractivity contribution in [3.8, 4) is 0 Å². The topological polar surface area (TPSA) is 61.9 Å². The van der Waals surface area contributed by atoms with Crippen LogP contribution in [-0.2, 0) is 19.5 Å². The summed E-state index contributed by atoms with van der Waals surface area (Å²) in [6, 6.07) is 6.15. The molecule has 1 saturated carbocycles. The second kappa shape index (κ2) is 7.08. The van der Waals surface area contributed by atoms with Gasteiger partial charge in [0.1, 0.15) is 5.82 Å². The number of aryl methyl sites for hydroxylation is 1. The van der Waals surface area contributed by atoms with Crippen LogP contribution >= 0.6 is 0 Å². The lowest BCUT2D eigenvalue weighted by Crippen LogP contribution is -2.36. The Morgan fingerprint density at radius 3 is 2.84 bits per heavy atom. The Labute approximate surface area is 148 Å². The van der Waals surface area contributed by atoms with Crippen molar-refractivity contribution in [3.63, 3.8) is 0 Å². The minimum Gasteiger partial charge on any atom is -0.310 e. The number of aromatic nitrogens is 3. The number of pyridine rings is 1. The zero-order chi connectivity index (χ0) is 17.2. The molecule has 5 nitrogen and oxygen atoms in total. The first-order valence-electron chi connectivity index (χ1n) is 9.46. The van der Waals surface area contributed by atoms with Gasteiger partial charge in [-0.1, -0.05) is 25.3 Å². The van der Waals surface area contributed by atoms with Gasteiger partial charge in [-0.05, 0) is 38.3 Å². The molecule has 1 aliphatic carbocycles. The summed E-state index contributed by atoms with van der Waals surface area (Å²) in [6.45, 7) is 4.46. The summed E-state index contributed by atoms with van der Waals surface area (Å²) in [5.41, 5.74) is 4.07. The zero-order valence-corrected chi connectivity index (χ0v) is 14.9. The van der Waals surface area contributed by atoms with Crippen molar-refractivity contribution in [2.24, 2.45) is 0 Å². The maximum Gasteiger partial charge on any atom is 0.254 e. The van der Waals surface area contributed by atoms with Gasteiger partial charge in [0, 0.05) is 36.8 Å². The summed E-state index contributed by atoms with van der Waals surface area (Å²) in [7, 11) is 0. The molecule has 1 aliphatic heterocycles. The summed E-state index contributed by atoms with van der Waals surface area (Å²) in [4.78, 5) is 27.4. The average Bonchev–Trinajstić information content (AvgIpc) is 2.62. The van der Waals surface area contributed by atoms with E-state index in [-0.39, 0.29) is 5.56 Å². The van der Waals surface area contributed by atoms with Crippen molar-refractivity contribution in [1.29, 1.82) is 0 Å². The molecule has 2 aromatic heterocycles. The van der Waals surface area contributed by atoms with Gasteiger partial charge in [0.2, 0.25) is 0 Å². The van der Waals surface area contributed by atoms with Gasteiger partial charge < -0.3 is 4.98 Å². The van der Waals surface area contributed by atoms with Gasteiger partial charge in [-0.2, -0.15) is 0 Å². The summed E-state index contributed by atoms with van der Waals surface area (Å²) < 4.78 is 0. The monoisotopic (exact) mass is 338 g/mol. The van der Waals surface area contributed by atoms with Crippen LogP contribution in [0.3, 0.4) is 0 Å². The van der Waals surface area contributed by atoms with Gasteiger partial charge in [-0.25, -0.2) is 4.98 Å². The van der Waals surface area contributed by atoms with Gasteiger partial charge in [0.05, 0.1) is 11.4 Å². The largest absolute Gasteiger partial charge is 0.310 e. The van der Waals surface area contributed by atoms with E-state index in [1.54, 1.807) is 0 Å². The summed E-state index contributed by atoms with van der Waals surface area (Å²) >= 11 is 0. The molecule has 3 heterocycles. The number of H-pyrrole nitrogens is 1. The molecule has 4 rings (SSSR count). The Morgan fingerprint density at radius 2 is 2.04 bits per heavy atom. The third kappa shape index (κ3) is 3.66. The highest BCUT2D eigenvalue weighted by atomic mass is 16.1. The van der Waals surface area contributed by atoms with E-state index in [0.717, 1.165) is 67.4 Å². The lowest BCUT2D eigenvalue weighted by atomic mass is 9.88. The number of rotatable bonds is 3. The molecule has 2 aliphatic rings. The second-order valence-corrected chi connectivity index (χ2v) is 7.44. The normalized spacial score (nSPS) is 18.9. The van der Waals surface area contributed by atoms with E-state index in [9.17, 15) is 4.79 Å². The third-order valence-corrected chi connectivity index (χ3v) is 5.49. The highest BCUT2D eigenvalue weighted by Crippen LogP contribution is 2.30. The first kappa shape index (κ1) is 16.5. The molecule has 5 heteroatoms. The Hall–Kier alpha value is -2.01. The molecule has 1 N–H and O–H groups in total. The maximum atomic E-state index is 12.5. The van der Waals surface area contributed by atoms with E-state index in [2.05, 4.69) is 27.0 Å². The standard InChI is InChI=1S/C20H26N4O/c1-14-6-5-9-16(21-14)12-24-11-10-17-18(13-24)22-19(23-20(17)25)15-7-3-2-4-8-15/h5-6,9,15H,2-4,7-8,10-13H2,1H3,(H,22,23,25). The van der Waals surface area contributed by atoms with Gasteiger partial charge in [-0.3, -0.25) is 14.7 Å². The number of hydrogen-bond acceptors (Lipinski definition) is 4. The van der Waals surface area contributed by atoms with E-state index in [1.165, 1.54) is 19.3 Å². The zero-order valence-electron chi connectivity index (χ0n) is 14.9. The fourth-order valence-corrected chi connectivity index (χ4v) is 4.13. The quantitative estimate of drug-likeness (QED) is 0.934. The summed E-state index contributed by atoms with van der Waals surface area (Å²) in [5, 5.41) is 0. The van der Waals surface area contributed by atoms with Crippen molar-refractivity contribution < 1.29 is 0 Å². The Bertz CT molecular complexity index is 808. The molecule has 132 valence electrons. The minimum atomic E-state index is 0.0823. The van der Waals surface area contributed by atoms with Gasteiger partial charge in [0.25, 0.3) is 5.56 Å². The van der Waals surface area contributed by atoms with Crippen molar-refractivity contribution in [2.75, 3.05) is 6.54 Å². The lowest BCUT2D eigenvalue weighted by molar-refractivity contribution is 0.236. The Balaban J connectivity index is 1.54. The van der Waals surface area contributed by atoms with Crippen LogP contribution in [0.4, 0.5) is 0 Å². The number of hydrogen-bond donors (Lipinski definition) is 1. The number of aromatic amines is 1. The highest BCUT2D eigenvalue weighted by Gasteiger charge is 2.24. The summed E-state index contributed by atoms with van der Waals surface area (Å²) in [5.74, 6) is 1.35. The Morgan fingerprint density at radius 1 is 1.20 bits per heavy atom. The van der Waals surface area contributed by atoms with Crippen molar-refractivity contribution in [2.45, 2.75) is 64.5 Å². The van der Waals surface area contributed by atoms with Crippen molar-refractivity contribution >= 4 is 0 Å². The first-order valence-corrected chi connectivity index (χ1v) is 9.46. The lowest BCUT2D eigenvalue weighted by Gasteiger charge is -2.28. The average molecular weight is 338 g/mol. The van der Waals surface area contributed by atoms with Crippen molar-refractivity contribution in [1.82, 2.24) is 19.9 Å². The molecule has 2 aromatic rings. The van der Waals surface area contributed by atoms with Crippen molar-refractivity contribution in [3.05, 3.63) is 57.0 Å². The number of fused-ring (bicyclic) bond motifs is 1. The predicted octanol–water partition coefficient (Wildman–Crippen LogP) is 3.08. The summed E-state index contributed by atoms with van der Waals surface area (Å²) in [6.07, 6.45) is 6.88. The first-order chi connectivity index (χ1) is 12.2. The van der Waals surface area contributed by atoms with Gasteiger partial charge in [-0.15, -0.1) is 0 Å². The Kier molecular flexibility index (Phi) is 4.66. The minimum absolute atomic E-state index is 0.0823. The molecule has 1 fully saturated rings. The fraction of sp³-hybridized carbons (Fsp3) is 0.550. The fourth-order valence-electron chi connectivity index (χ4n) is 4.13. The van der Waals surface area contributed by atoms with Crippen LogP contribution in [0.15, 0.2) is 23.0 Å². The smallest absolute Gasteiger partial charge is 0.254 e. The predicted molar refractivity (Wildman–Crippen MR) is 97.5 cm³/mol. The van der Waals surface area contributed by atoms with Crippen LogP contribution < -0.4 is 5.56 Å². The molecule has 0 aromatic carbocycles. The molecule has 25 heavy (non-hydrogen) atoms. The van der Waals surface area contributed by atoms with Crippen LogP contribution in [0.25, 0.3) is 0 Å². The molecular formula is C20H26N4O. The van der Waals surface area contributed by atoms with Crippen LogP contribution in [-0.4, -0.2) is 26.4 Å². The van der Waals surface area contributed by atoms with Crippen LogP contribution in [0.1, 0.15) is 66.5 Å². The van der Waals surface area contributed by atoms with Gasteiger partial charge >= 0.3 is 0 Å². The van der Waals surface area contributed by atoms with E-state index in [1.807, 2.05) is 13.0 Å². The molecule has 0 saturated heterocycles. The molecule has 0 bridgehead atoms. The third-order valence-electron chi connectivity index (χ3n) is 5.49. The van der Waals surface area contributed by atoms with E-state index < -0.39 is 0 Å². The molecule has 0 spiro atoms. The highest BCUT2D eigenvalue weighted by molar-refractivity contribution is 5.22. The molecule has 0 radical (unpaired) electrons. The maximum absolute atomic E-state index is 12.5. The number of nitrogens with zero attached hydrogens (tertiary/aromatic N) is 3. The number of nitrogens with one attached hydrogen (secondary N) is 1. The van der Waals surface area contributed by atoms with Crippen LogP contribution in [0.2, 0.25) is 0 Å². The molecular weight excluding hydrogens is 312 g/mol. The molecule has 0 unspecified atom stereocenters. The van der Waals surface area contributed by atoms with E-state index >= 15 is 0 Å². The SMILES string of the molecule is Cc1cccc(CN2CCc3c(nc(C4CCCCC4)[nH]c3=O)C2)n1. The van der Waals surface area contributed by atoms with Crippen LogP contribution in [0, 0.1) is 6.92 Å².